The van der Waals surface area contributed by atoms with Crippen LogP contribution in [0.3, 0.4) is 0 Å². The van der Waals surface area contributed by atoms with Crippen molar-refractivity contribution in [2.45, 2.75) is 50.8 Å². The van der Waals surface area contributed by atoms with Crippen LogP contribution in [0.2, 0.25) is 10.0 Å². The lowest BCUT2D eigenvalue weighted by molar-refractivity contribution is -0.129. The van der Waals surface area contributed by atoms with E-state index in [2.05, 4.69) is 17.1 Å². The SMILES string of the molecule is C[C@H]1CCCC[C@@H]1N1C(=O)/C(=C/c2cc(Cl)ccc2OCc2cccc(Cl)c2)SC1Nc1ccccc1. The Balaban J connectivity index is 1.43. The predicted octanol–water partition coefficient (Wildman–Crippen LogP) is 8.46. The smallest absolute Gasteiger partial charge is 0.262 e. The minimum Gasteiger partial charge on any atom is -0.488 e. The molecule has 7 heteroatoms. The van der Waals surface area contributed by atoms with Crippen LogP contribution >= 0.6 is 35.0 Å². The summed E-state index contributed by atoms with van der Waals surface area (Å²) in [5.41, 5.74) is 2.57. The zero-order chi connectivity index (χ0) is 25.8. The molecular weight excluding hydrogens is 523 g/mol. The fourth-order valence-corrected chi connectivity index (χ4v) is 6.66. The van der Waals surface area contributed by atoms with E-state index in [0.29, 0.717) is 33.2 Å². The zero-order valence-corrected chi connectivity index (χ0v) is 23.0. The van der Waals surface area contributed by atoms with Crippen molar-refractivity contribution >= 4 is 52.6 Å². The van der Waals surface area contributed by atoms with Crippen molar-refractivity contribution in [1.82, 2.24) is 4.90 Å². The summed E-state index contributed by atoms with van der Waals surface area (Å²) in [7, 11) is 0. The number of amides is 1. The van der Waals surface area contributed by atoms with Gasteiger partial charge in [-0.05, 0) is 72.9 Å². The lowest BCUT2D eigenvalue weighted by atomic mass is 9.85. The van der Waals surface area contributed by atoms with Crippen molar-refractivity contribution < 1.29 is 9.53 Å². The molecule has 3 atom stereocenters. The molecule has 0 radical (unpaired) electrons. The third-order valence-corrected chi connectivity index (χ3v) is 8.55. The number of hydrogen-bond acceptors (Lipinski definition) is 4. The van der Waals surface area contributed by atoms with E-state index in [-0.39, 0.29) is 17.4 Å². The van der Waals surface area contributed by atoms with E-state index in [0.717, 1.165) is 36.1 Å². The number of ether oxygens (including phenoxy) is 1. The second-order valence-electron chi connectivity index (χ2n) is 9.63. The minimum atomic E-state index is -0.179. The predicted molar refractivity (Wildman–Crippen MR) is 155 cm³/mol. The highest BCUT2D eigenvalue weighted by atomic mass is 35.5. The van der Waals surface area contributed by atoms with Crippen LogP contribution in [-0.4, -0.2) is 22.3 Å². The number of anilines is 1. The molecule has 3 aromatic rings. The maximum atomic E-state index is 13.9. The van der Waals surface area contributed by atoms with Gasteiger partial charge in [0.25, 0.3) is 5.91 Å². The summed E-state index contributed by atoms with van der Waals surface area (Å²) in [6.07, 6.45) is 6.46. The van der Waals surface area contributed by atoms with Crippen LogP contribution in [-0.2, 0) is 11.4 Å². The van der Waals surface area contributed by atoms with Crippen molar-refractivity contribution in [3.8, 4) is 5.75 Å². The summed E-state index contributed by atoms with van der Waals surface area (Å²) in [5, 5.41) is 4.85. The summed E-state index contributed by atoms with van der Waals surface area (Å²) in [4.78, 5) is 16.6. The van der Waals surface area contributed by atoms with Gasteiger partial charge < -0.3 is 15.0 Å². The van der Waals surface area contributed by atoms with Gasteiger partial charge in [0.2, 0.25) is 0 Å². The average molecular weight is 554 g/mol. The van der Waals surface area contributed by atoms with Gasteiger partial charge in [0.15, 0.2) is 5.50 Å². The molecule has 0 aromatic heterocycles. The van der Waals surface area contributed by atoms with Gasteiger partial charge in [0, 0.05) is 27.3 Å². The fraction of sp³-hybridized carbons (Fsp3) is 0.300. The highest BCUT2D eigenvalue weighted by Crippen LogP contribution is 2.43. The summed E-state index contributed by atoms with van der Waals surface area (Å²) >= 11 is 14.1. The first-order valence-corrected chi connectivity index (χ1v) is 14.3. The first kappa shape index (κ1) is 26.0. The Hall–Kier alpha value is -2.60. The van der Waals surface area contributed by atoms with Crippen molar-refractivity contribution in [2.75, 3.05) is 5.32 Å². The quantitative estimate of drug-likeness (QED) is 0.298. The van der Waals surface area contributed by atoms with E-state index in [9.17, 15) is 4.79 Å². The van der Waals surface area contributed by atoms with E-state index in [4.69, 9.17) is 27.9 Å². The van der Waals surface area contributed by atoms with E-state index in [1.807, 2.05) is 72.8 Å². The lowest BCUT2D eigenvalue weighted by Crippen LogP contribution is -2.48. The molecule has 1 heterocycles. The van der Waals surface area contributed by atoms with Crippen LogP contribution in [0.5, 0.6) is 5.75 Å². The Kier molecular flexibility index (Phi) is 8.33. The van der Waals surface area contributed by atoms with Crippen LogP contribution < -0.4 is 10.1 Å². The number of carbonyl (C=O) groups excluding carboxylic acids is 1. The molecule has 1 N–H and O–H groups in total. The number of nitrogens with zero attached hydrogens (tertiary/aromatic N) is 1. The molecule has 5 rings (SSSR count). The van der Waals surface area contributed by atoms with Crippen molar-refractivity contribution in [1.29, 1.82) is 0 Å². The minimum absolute atomic E-state index is 0.0537. The van der Waals surface area contributed by atoms with Gasteiger partial charge in [0.05, 0.1) is 4.91 Å². The lowest BCUT2D eigenvalue weighted by Gasteiger charge is -2.39. The van der Waals surface area contributed by atoms with Crippen LogP contribution in [0.1, 0.15) is 43.7 Å². The molecule has 0 bridgehead atoms. The first-order chi connectivity index (χ1) is 18.0. The van der Waals surface area contributed by atoms with Gasteiger partial charge in [-0.25, -0.2) is 0 Å². The molecule has 1 aliphatic carbocycles. The Bertz CT molecular complexity index is 1280. The maximum Gasteiger partial charge on any atom is 0.262 e. The summed E-state index contributed by atoms with van der Waals surface area (Å²) < 4.78 is 6.15. The standard InChI is InChI=1S/C30H30Cl2N2O2S/c1-20-8-5-6-13-26(20)34-29(35)28(37-30(34)33-25-11-3-2-4-12-25)18-22-17-24(32)14-15-27(22)36-19-21-9-7-10-23(31)16-21/h2-4,7,9-12,14-18,20,26,30,33H,5-6,8,13,19H2,1H3/b28-18-/t20-,26-,30?/m0/s1. The molecular formula is C30H30Cl2N2O2S. The molecule has 1 saturated carbocycles. The van der Waals surface area contributed by atoms with E-state index < -0.39 is 0 Å². The van der Waals surface area contributed by atoms with Gasteiger partial charge in [-0.1, -0.05) is 85.1 Å². The molecule has 1 amide bonds. The van der Waals surface area contributed by atoms with E-state index >= 15 is 0 Å². The molecule has 3 aromatic carbocycles. The van der Waals surface area contributed by atoms with Gasteiger partial charge in [0.1, 0.15) is 12.4 Å². The molecule has 37 heavy (non-hydrogen) atoms. The number of hydrogen-bond donors (Lipinski definition) is 1. The van der Waals surface area contributed by atoms with Crippen molar-refractivity contribution in [3.05, 3.63) is 98.9 Å². The van der Waals surface area contributed by atoms with Crippen LogP contribution in [0, 0.1) is 5.92 Å². The van der Waals surface area contributed by atoms with Crippen molar-refractivity contribution in [3.63, 3.8) is 0 Å². The normalized spacial score (nSPS) is 22.9. The number of halogens is 2. The number of para-hydroxylation sites is 1. The molecule has 2 fully saturated rings. The van der Waals surface area contributed by atoms with Gasteiger partial charge >= 0.3 is 0 Å². The second kappa shape index (κ2) is 11.8. The van der Waals surface area contributed by atoms with Crippen LogP contribution in [0.25, 0.3) is 6.08 Å². The third-order valence-electron chi connectivity index (χ3n) is 6.97. The summed E-state index contributed by atoms with van der Waals surface area (Å²) in [5.74, 6) is 1.18. The van der Waals surface area contributed by atoms with Gasteiger partial charge in [-0.15, -0.1) is 0 Å². The molecule has 0 spiro atoms. The van der Waals surface area contributed by atoms with Gasteiger partial charge in [-0.3, -0.25) is 4.79 Å². The topological polar surface area (TPSA) is 41.6 Å². The Morgan fingerprint density at radius 1 is 1.00 bits per heavy atom. The van der Waals surface area contributed by atoms with Crippen LogP contribution in [0.4, 0.5) is 5.69 Å². The largest absolute Gasteiger partial charge is 0.488 e. The van der Waals surface area contributed by atoms with E-state index in [1.165, 1.54) is 6.42 Å². The van der Waals surface area contributed by atoms with E-state index in [1.54, 1.807) is 17.8 Å². The highest BCUT2D eigenvalue weighted by molar-refractivity contribution is 8.05. The Labute approximate surface area is 233 Å². The fourth-order valence-electron chi connectivity index (χ4n) is 5.06. The monoisotopic (exact) mass is 552 g/mol. The molecule has 4 nitrogen and oxygen atoms in total. The maximum absolute atomic E-state index is 13.9. The summed E-state index contributed by atoms with van der Waals surface area (Å²) in [6, 6.07) is 23.4. The first-order valence-electron chi connectivity index (χ1n) is 12.7. The number of carbonyl (C=O) groups is 1. The van der Waals surface area contributed by atoms with Crippen LogP contribution in [0.15, 0.2) is 77.7 Å². The number of rotatable bonds is 7. The molecule has 1 aliphatic heterocycles. The zero-order valence-electron chi connectivity index (χ0n) is 20.7. The molecule has 1 saturated heterocycles. The molecule has 2 aliphatic rings. The molecule has 192 valence electrons. The second-order valence-corrected chi connectivity index (χ2v) is 11.6. The molecule has 1 unspecified atom stereocenters. The Morgan fingerprint density at radius 2 is 1.78 bits per heavy atom. The highest BCUT2D eigenvalue weighted by Gasteiger charge is 2.43. The van der Waals surface area contributed by atoms with Crippen molar-refractivity contribution in [2.24, 2.45) is 5.92 Å². The Morgan fingerprint density at radius 3 is 2.57 bits per heavy atom. The number of benzene rings is 3. The number of nitrogens with one attached hydrogen (secondary N) is 1. The number of thioether (sulfide) groups is 1. The van der Waals surface area contributed by atoms with Gasteiger partial charge in [-0.2, -0.15) is 0 Å². The third kappa shape index (κ3) is 6.28. The average Bonchev–Trinajstić information content (AvgIpc) is 3.18. The summed E-state index contributed by atoms with van der Waals surface area (Å²) in [6.45, 7) is 2.63.